The molecule has 0 bridgehead atoms. The van der Waals surface area contributed by atoms with E-state index in [4.69, 9.17) is 0 Å². The zero-order valence-corrected chi connectivity index (χ0v) is 12.3. The van der Waals surface area contributed by atoms with E-state index in [-0.39, 0.29) is 17.0 Å². The van der Waals surface area contributed by atoms with Gasteiger partial charge in [-0.25, -0.2) is 8.42 Å². The van der Waals surface area contributed by atoms with Gasteiger partial charge in [0.1, 0.15) is 0 Å². The van der Waals surface area contributed by atoms with Crippen molar-refractivity contribution in [3.8, 4) is 0 Å². The summed E-state index contributed by atoms with van der Waals surface area (Å²) in [5.41, 5.74) is 0.00642. The molecule has 0 heterocycles. The largest absolute Gasteiger partial charge is 0.292 e. The highest BCUT2D eigenvalue weighted by Gasteiger charge is 2.29. The molecule has 1 aromatic rings. The normalized spacial score (nSPS) is 13.0. The molecule has 0 N–H and O–H groups in total. The molecule has 0 aromatic heterocycles. The van der Waals surface area contributed by atoms with Gasteiger partial charge >= 0.3 is 0 Å². The maximum atomic E-state index is 11.9. The highest BCUT2D eigenvalue weighted by molar-refractivity contribution is 14.1. The average molecular weight is 383 g/mol. The molecule has 0 amide bonds. The number of hydrogen-bond donors (Lipinski definition) is 0. The first-order chi connectivity index (χ1) is 8.29. The number of Topliss-reactive ketones (excluding diaryl/α,β-unsaturated/α-hetero) is 1. The third-order valence-corrected chi connectivity index (χ3v) is 6.83. The average Bonchev–Trinajstić information content (AvgIpc) is 2.37. The standard InChI is InChI=1S/C10H10INO5S/c1-2-18(16,17)10(11)9(13)7-3-5-8(6-4-7)12(14)15/h3-6,10H,2H2,1H3/t10-/m1/s1. The number of benzene rings is 1. The van der Waals surface area contributed by atoms with E-state index in [1.54, 1.807) is 22.6 Å². The molecule has 8 heteroatoms. The lowest BCUT2D eigenvalue weighted by Gasteiger charge is -2.08. The van der Waals surface area contributed by atoms with E-state index in [0.717, 1.165) is 0 Å². The fourth-order valence-electron chi connectivity index (χ4n) is 1.19. The molecule has 0 radical (unpaired) electrons. The lowest BCUT2D eigenvalue weighted by Crippen LogP contribution is -2.25. The van der Waals surface area contributed by atoms with Crippen molar-refractivity contribution in [1.82, 2.24) is 0 Å². The number of nitro groups is 1. The van der Waals surface area contributed by atoms with Crippen molar-refractivity contribution in [1.29, 1.82) is 0 Å². The molecule has 0 fully saturated rings. The SMILES string of the molecule is CCS(=O)(=O)[C@@H](I)C(=O)c1ccc([N+](=O)[O-])cc1. The van der Waals surface area contributed by atoms with E-state index in [9.17, 15) is 23.3 Å². The van der Waals surface area contributed by atoms with Gasteiger partial charge < -0.3 is 0 Å². The maximum Gasteiger partial charge on any atom is 0.269 e. The van der Waals surface area contributed by atoms with Gasteiger partial charge in [0.05, 0.1) is 4.92 Å². The smallest absolute Gasteiger partial charge is 0.269 e. The Morgan fingerprint density at radius 2 is 1.89 bits per heavy atom. The minimum atomic E-state index is -3.47. The number of alkyl halides is 1. The molecule has 98 valence electrons. The minimum absolute atomic E-state index is 0.126. The fraction of sp³-hybridized carbons (Fsp3) is 0.300. The number of non-ortho nitro benzene ring substituents is 1. The molecule has 0 aliphatic heterocycles. The summed E-state index contributed by atoms with van der Waals surface area (Å²) in [7, 11) is -3.47. The molecule has 18 heavy (non-hydrogen) atoms. The molecule has 1 aromatic carbocycles. The van der Waals surface area contributed by atoms with Crippen molar-refractivity contribution in [3.05, 3.63) is 39.9 Å². The Labute approximate surface area is 118 Å². The van der Waals surface area contributed by atoms with Crippen LogP contribution in [0.25, 0.3) is 0 Å². The second-order valence-electron chi connectivity index (χ2n) is 3.44. The molecule has 1 rings (SSSR count). The van der Waals surface area contributed by atoms with Crippen LogP contribution in [-0.4, -0.2) is 28.1 Å². The first-order valence-electron chi connectivity index (χ1n) is 4.94. The molecule has 0 saturated heterocycles. The van der Waals surface area contributed by atoms with Crippen LogP contribution < -0.4 is 0 Å². The Hall–Kier alpha value is -1.03. The molecule has 1 atom stereocenters. The number of nitrogens with zero attached hydrogens (tertiary/aromatic N) is 1. The second-order valence-corrected chi connectivity index (χ2v) is 7.90. The summed E-state index contributed by atoms with van der Waals surface area (Å²) < 4.78 is 21.9. The number of ketones is 1. The van der Waals surface area contributed by atoms with Crippen molar-refractivity contribution >= 4 is 43.9 Å². The van der Waals surface area contributed by atoms with Gasteiger partial charge in [-0.3, -0.25) is 14.9 Å². The van der Waals surface area contributed by atoms with E-state index in [1.165, 1.54) is 31.2 Å². The van der Waals surface area contributed by atoms with Gasteiger partial charge in [0.2, 0.25) is 0 Å². The quantitative estimate of drug-likeness (QED) is 0.255. The van der Waals surface area contributed by atoms with Crippen molar-refractivity contribution in [3.63, 3.8) is 0 Å². The number of nitro benzene ring substituents is 1. The lowest BCUT2D eigenvalue weighted by atomic mass is 10.1. The Morgan fingerprint density at radius 1 is 1.39 bits per heavy atom. The van der Waals surface area contributed by atoms with E-state index >= 15 is 0 Å². The van der Waals surface area contributed by atoms with Crippen LogP contribution in [0.5, 0.6) is 0 Å². The summed E-state index contributed by atoms with van der Waals surface area (Å²) >= 11 is 1.56. The van der Waals surface area contributed by atoms with E-state index in [0.29, 0.717) is 0 Å². The highest BCUT2D eigenvalue weighted by Crippen LogP contribution is 2.19. The van der Waals surface area contributed by atoms with Crippen LogP contribution >= 0.6 is 22.6 Å². The van der Waals surface area contributed by atoms with Crippen molar-refractivity contribution in [2.24, 2.45) is 0 Å². The third-order valence-electron chi connectivity index (χ3n) is 2.29. The van der Waals surface area contributed by atoms with E-state index in [1.807, 2.05) is 0 Å². The number of carbonyl (C=O) groups is 1. The van der Waals surface area contributed by atoms with Crippen LogP contribution in [0.2, 0.25) is 0 Å². The molecule has 0 unspecified atom stereocenters. The minimum Gasteiger partial charge on any atom is -0.292 e. The van der Waals surface area contributed by atoms with Crippen molar-refractivity contribution in [2.75, 3.05) is 5.75 Å². The Bertz CT molecular complexity index is 566. The van der Waals surface area contributed by atoms with Gasteiger partial charge in [-0.2, -0.15) is 0 Å². The zero-order valence-electron chi connectivity index (χ0n) is 9.37. The first-order valence-corrected chi connectivity index (χ1v) is 7.90. The lowest BCUT2D eigenvalue weighted by molar-refractivity contribution is -0.384. The van der Waals surface area contributed by atoms with Gasteiger partial charge in [0, 0.05) is 23.4 Å². The highest BCUT2D eigenvalue weighted by atomic mass is 127. The summed E-state index contributed by atoms with van der Waals surface area (Å²) in [5.74, 6) is -0.688. The number of sulfone groups is 1. The summed E-state index contributed by atoms with van der Waals surface area (Å²) in [6.45, 7) is 1.46. The Morgan fingerprint density at radius 3 is 2.28 bits per heavy atom. The van der Waals surface area contributed by atoms with Crippen LogP contribution in [0.4, 0.5) is 5.69 Å². The summed E-state index contributed by atoms with van der Waals surface area (Å²) in [5, 5.41) is 10.4. The van der Waals surface area contributed by atoms with Crippen LogP contribution in [-0.2, 0) is 9.84 Å². The molecule has 0 aliphatic rings. The zero-order chi connectivity index (χ0) is 13.9. The Balaban J connectivity index is 3.02. The van der Waals surface area contributed by atoms with E-state index in [2.05, 4.69) is 0 Å². The monoisotopic (exact) mass is 383 g/mol. The molecule has 0 saturated carbocycles. The van der Waals surface area contributed by atoms with Crippen molar-refractivity contribution in [2.45, 2.75) is 10.2 Å². The second kappa shape index (κ2) is 5.74. The van der Waals surface area contributed by atoms with Gasteiger partial charge in [0.15, 0.2) is 18.9 Å². The van der Waals surface area contributed by atoms with Crippen LogP contribution in [0.3, 0.4) is 0 Å². The predicted molar refractivity (Wildman–Crippen MR) is 74.7 cm³/mol. The number of carbonyl (C=O) groups excluding carboxylic acids is 1. The maximum absolute atomic E-state index is 11.9. The van der Waals surface area contributed by atoms with Gasteiger partial charge in [0.25, 0.3) is 5.69 Å². The first kappa shape index (κ1) is 15.0. The summed E-state index contributed by atoms with van der Waals surface area (Å²) in [6.07, 6.45) is 0. The predicted octanol–water partition coefficient (Wildman–Crippen LogP) is 1.97. The van der Waals surface area contributed by atoms with Crippen molar-refractivity contribution < 1.29 is 18.1 Å². The number of rotatable bonds is 5. The van der Waals surface area contributed by atoms with Gasteiger partial charge in [-0.1, -0.05) is 29.5 Å². The van der Waals surface area contributed by atoms with Gasteiger partial charge in [-0.15, -0.1) is 0 Å². The van der Waals surface area contributed by atoms with Gasteiger partial charge in [-0.05, 0) is 12.1 Å². The summed E-state index contributed by atoms with van der Waals surface area (Å²) in [4.78, 5) is 21.7. The van der Waals surface area contributed by atoms with Crippen LogP contribution in [0.1, 0.15) is 17.3 Å². The third kappa shape index (κ3) is 3.25. The number of halogens is 1. The summed E-state index contributed by atoms with van der Waals surface area (Å²) in [6, 6.07) is 4.87. The fourth-order valence-corrected chi connectivity index (χ4v) is 3.38. The Kier molecular flexibility index (Phi) is 4.79. The number of hydrogen-bond acceptors (Lipinski definition) is 5. The molecular weight excluding hydrogens is 373 g/mol. The molecular formula is C10H10INO5S. The molecule has 0 aliphatic carbocycles. The topological polar surface area (TPSA) is 94.3 Å². The van der Waals surface area contributed by atoms with Crippen LogP contribution in [0, 0.1) is 10.1 Å². The molecule has 0 spiro atoms. The van der Waals surface area contributed by atoms with E-state index < -0.39 is 23.8 Å². The molecule has 6 nitrogen and oxygen atoms in total. The van der Waals surface area contributed by atoms with Crippen LogP contribution in [0.15, 0.2) is 24.3 Å².